The molecule has 32 heavy (non-hydrogen) atoms. The molecule has 0 aliphatic carbocycles. The van der Waals surface area contributed by atoms with Crippen molar-refractivity contribution < 1.29 is 19.0 Å². The predicted molar refractivity (Wildman–Crippen MR) is 140 cm³/mol. The third-order valence-corrected chi connectivity index (χ3v) is 8.08. The zero-order valence-corrected chi connectivity index (χ0v) is 21.3. The number of carbonyl (C=O) groups is 1. The van der Waals surface area contributed by atoms with Crippen molar-refractivity contribution in [2.45, 2.75) is 11.5 Å². The van der Waals surface area contributed by atoms with Gasteiger partial charge in [0.1, 0.15) is 12.4 Å². The Bertz CT molecular complexity index is 987. The van der Waals surface area contributed by atoms with Crippen molar-refractivity contribution >= 4 is 58.2 Å². The Balaban J connectivity index is 1.51. The maximum Gasteiger partial charge on any atom is 0.277 e. The Morgan fingerprint density at radius 1 is 1.25 bits per heavy atom. The number of hydrogen-bond donors (Lipinski definition) is 1. The van der Waals surface area contributed by atoms with Crippen LogP contribution in [0.15, 0.2) is 41.5 Å². The molecule has 1 heterocycles. The highest BCUT2D eigenvalue weighted by atomic mass is 127. The van der Waals surface area contributed by atoms with Crippen LogP contribution in [0, 0.1) is 15.9 Å². The van der Waals surface area contributed by atoms with Gasteiger partial charge in [0.25, 0.3) is 5.91 Å². The lowest BCUT2D eigenvalue weighted by atomic mass is 10.2. The molecule has 1 N–H and O–H groups in total. The quantitative estimate of drug-likeness (QED) is 0.190. The van der Waals surface area contributed by atoms with Gasteiger partial charge in [-0.15, -0.1) is 29.9 Å². The van der Waals surface area contributed by atoms with Gasteiger partial charge in [0.15, 0.2) is 18.1 Å². The Morgan fingerprint density at radius 3 is 2.69 bits per heavy atom. The van der Waals surface area contributed by atoms with E-state index in [2.05, 4.69) is 51.2 Å². The molecule has 0 atom stereocenters. The highest BCUT2D eigenvalue weighted by Crippen LogP contribution is 2.45. The Labute approximate surface area is 210 Å². The van der Waals surface area contributed by atoms with Gasteiger partial charge < -0.3 is 14.2 Å². The summed E-state index contributed by atoms with van der Waals surface area (Å²) in [4.78, 5) is 12.1. The fourth-order valence-corrected chi connectivity index (χ4v) is 6.45. The first-order valence-corrected chi connectivity index (χ1v) is 13.1. The summed E-state index contributed by atoms with van der Waals surface area (Å²) in [5.74, 6) is 6.29. The van der Waals surface area contributed by atoms with Crippen LogP contribution in [0.4, 0.5) is 0 Å². The van der Waals surface area contributed by atoms with Gasteiger partial charge in [-0.1, -0.05) is 18.1 Å². The molecule has 2 aromatic carbocycles. The van der Waals surface area contributed by atoms with Gasteiger partial charge in [-0.3, -0.25) is 4.79 Å². The van der Waals surface area contributed by atoms with Crippen molar-refractivity contribution in [3.05, 3.63) is 51.1 Å². The van der Waals surface area contributed by atoms with Crippen molar-refractivity contribution in [1.82, 2.24) is 5.43 Å². The molecule has 6 nitrogen and oxygen atoms in total. The van der Waals surface area contributed by atoms with Crippen molar-refractivity contribution in [3.63, 3.8) is 0 Å². The van der Waals surface area contributed by atoms with Crippen LogP contribution in [-0.4, -0.2) is 43.4 Å². The number of carbonyl (C=O) groups excluding carboxylic acids is 1. The second-order valence-corrected chi connectivity index (χ2v) is 10.4. The molecule has 0 radical (unpaired) electrons. The Hall–Kier alpha value is -2.03. The minimum absolute atomic E-state index is 0.121. The lowest BCUT2D eigenvalue weighted by Gasteiger charge is -2.13. The molecule has 168 valence electrons. The second-order valence-electron chi connectivity index (χ2n) is 6.48. The molecule has 1 aliphatic rings. The van der Waals surface area contributed by atoms with Crippen molar-refractivity contribution in [3.8, 4) is 29.6 Å². The normalized spacial score (nSPS) is 13.7. The smallest absolute Gasteiger partial charge is 0.277 e. The van der Waals surface area contributed by atoms with Crippen molar-refractivity contribution in [2.24, 2.45) is 5.10 Å². The average Bonchev–Trinajstić information content (AvgIpc) is 3.33. The monoisotopic (exact) mass is 582 g/mol. The molecule has 1 fully saturated rings. The maximum atomic E-state index is 12.1. The van der Waals surface area contributed by atoms with Crippen LogP contribution in [-0.2, 0) is 4.79 Å². The van der Waals surface area contributed by atoms with E-state index >= 15 is 0 Å². The Kier molecular flexibility index (Phi) is 9.89. The van der Waals surface area contributed by atoms with Crippen molar-refractivity contribution in [1.29, 1.82) is 0 Å². The number of thioether (sulfide) groups is 2. The van der Waals surface area contributed by atoms with Crippen LogP contribution >= 0.6 is 46.1 Å². The van der Waals surface area contributed by atoms with Crippen LogP contribution in [0.5, 0.6) is 17.2 Å². The van der Waals surface area contributed by atoms with E-state index in [9.17, 15) is 4.79 Å². The van der Waals surface area contributed by atoms with E-state index in [4.69, 9.17) is 20.6 Å². The molecule has 1 saturated heterocycles. The number of nitrogens with zero attached hydrogens (tertiary/aromatic N) is 1. The van der Waals surface area contributed by atoms with Gasteiger partial charge in [-0.25, -0.2) is 5.43 Å². The highest BCUT2D eigenvalue weighted by molar-refractivity contribution is 14.1. The van der Waals surface area contributed by atoms with E-state index in [0.717, 1.165) is 9.13 Å². The number of amides is 1. The number of halogens is 1. The second kappa shape index (κ2) is 12.9. The first-order valence-electron chi connectivity index (χ1n) is 9.91. The molecule has 9 heteroatoms. The number of rotatable bonds is 10. The van der Waals surface area contributed by atoms with Gasteiger partial charge in [0.05, 0.1) is 21.0 Å². The zero-order valence-electron chi connectivity index (χ0n) is 17.5. The van der Waals surface area contributed by atoms with E-state index < -0.39 is 0 Å². The van der Waals surface area contributed by atoms with Crippen LogP contribution in [0.2, 0.25) is 0 Å². The van der Waals surface area contributed by atoms with Gasteiger partial charge in [0, 0.05) is 11.5 Å². The van der Waals surface area contributed by atoms with Gasteiger partial charge in [-0.05, 0) is 64.9 Å². The third-order valence-electron chi connectivity index (χ3n) is 4.18. The number of ether oxygens (including phenoxy) is 3. The van der Waals surface area contributed by atoms with Gasteiger partial charge >= 0.3 is 0 Å². The SMILES string of the molecule is C#CCOc1c(I)cc(/C=N\NC(=O)COc2ccc(C3SCCS3)cc2)cc1OCC. The standard InChI is InChI=1S/C23H23IN2O4S2/c1-3-9-29-22-19(24)12-16(13-20(22)28-4-2)14-25-26-21(27)15-30-18-7-5-17(6-8-18)23-31-10-11-32-23/h1,5-8,12-14,23H,4,9-11,15H2,2H3,(H,26,27)/b25-14-. The largest absolute Gasteiger partial charge is 0.490 e. The molecular weight excluding hydrogens is 559 g/mol. The van der Waals surface area contributed by atoms with Crippen LogP contribution in [0.25, 0.3) is 0 Å². The predicted octanol–water partition coefficient (Wildman–Crippen LogP) is 4.71. The summed E-state index contributed by atoms with van der Waals surface area (Å²) in [6, 6.07) is 11.5. The number of hydrogen-bond acceptors (Lipinski definition) is 7. The molecule has 0 unspecified atom stereocenters. The van der Waals surface area contributed by atoms with Crippen molar-refractivity contribution in [2.75, 3.05) is 31.3 Å². The number of nitrogens with one attached hydrogen (secondary N) is 1. The highest BCUT2D eigenvalue weighted by Gasteiger charge is 2.18. The molecule has 3 rings (SSSR count). The van der Waals surface area contributed by atoms with Crippen LogP contribution in [0.3, 0.4) is 0 Å². The summed E-state index contributed by atoms with van der Waals surface area (Å²) in [5, 5.41) is 4.01. The zero-order chi connectivity index (χ0) is 22.8. The Morgan fingerprint density at radius 2 is 2.00 bits per heavy atom. The topological polar surface area (TPSA) is 69.2 Å². The first kappa shape index (κ1) is 24.6. The summed E-state index contributed by atoms with van der Waals surface area (Å²) in [6.45, 7) is 2.40. The molecule has 0 aromatic heterocycles. The summed E-state index contributed by atoms with van der Waals surface area (Å²) in [5.41, 5.74) is 4.50. The third kappa shape index (κ3) is 7.25. The molecule has 0 saturated carbocycles. The molecule has 0 spiro atoms. The number of benzene rings is 2. The minimum Gasteiger partial charge on any atom is -0.490 e. The molecular formula is C23H23IN2O4S2. The van der Waals surface area contributed by atoms with E-state index in [1.165, 1.54) is 17.1 Å². The van der Waals surface area contributed by atoms with Gasteiger partial charge in [-0.2, -0.15) is 5.10 Å². The van der Waals surface area contributed by atoms with Crippen LogP contribution < -0.4 is 19.6 Å². The summed E-state index contributed by atoms with van der Waals surface area (Å²) >= 11 is 6.05. The summed E-state index contributed by atoms with van der Waals surface area (Å²) in [7, 11) is 0. The molecule has 1 amide bonds. The van der Waals surface area contributed by atoms with Gasteiger partial charge in [0.2, 0.25) is 0 Å². The fraction of sp³-hybridized carbons (Fsp3) is 0.304. The van der Waals surface area contributed by atoms with E-state index in [-0.39, 0.29) is 19.1 Å². The molecule has 0 bridgehead atoms. The average molecular weight is 582 g/mol. The minimum atomic E-state index is -0.346. The number of terminal acetylenes is 1. The molecule has 2 aromatic rings. The fourth-order valence-electron chi connectivity index (χ4n) is 2.81. The van der Waals surface area contributed by atoms with E-state index in [1.807, 2.05) is 48.6 Å². The van der Waals surface area contributed by atoms with E-state index in [1.54, 1.807) is 12.3 Å². The van der Waals surface area contributed by atoms with Crippen LogP contribution in [0.1, 0.15) is 22.6 Å². The van der Waals surface area contributed by atoms with E-state index in [0.29, 0.717) is 28.4 Å². The first-order chi connectivity index (χ1) is 15.6. The summed E-state index contributed by atoms with van der Waals surface area (Å²) in [6.07, 6.45) is 6.82. The molecule has 1 aliphatic heterocycles. The lowest BCUT2D eigenvalue weighted by Crippen LogP contribution is -2.24. The summed E-state index contributed by atoms with van der Waals surface area (Å²) < 4.78 is 18.1. The lowest BCUT2D eigenvalue weighted by molar-refractivity contribution is -0.123. The number of hydrazone groups is 1. The maximum absolute atomic E-state index is 12.1.